The summed E-state index contributed by atoms with van der Waals surface area (Å²) in [5.41, 5.74) is 6.33. The van der Waals surface area contributed by atoms with Gasteiger partial charge in [0.15, 0.2) is 0 Å². The molecule has 1 rings (SSSR count). The van der Waals surface area contributed by atoms with Gasteiger partial charge >= 0.3 is 0 Å². The minimum absolute atomic E-state index is 0. The van der Waals surface area contributed by atoms with E-state index in [2.05, 4.69) is 5.16 Å². The monoisotopic (exact) mass is 176 g/mol. The maximum atomic E-state index is 5.32. The minimum atomic E-state index is 0. The van der Waals surface area contributed by atoms with Gasteiger partial charge in [-0.3, -0.25) is 0 Å². The molecule has 0 radical (unpaired) electrons. The normalized spacial score (nSPS) is 9.27. The third-order valence-corrected chi connectivity index (χ3v) is 1.36. The molecule has 0 saturated heterocycles. The number of hydrogen-bond donors (Lipinski definition) is 1. The lowest BCUT2D eigenvalue weighted by molar-refractivity contribution is 0.379. The van der Waals surface area contributed by atoms with Gasteiger partial charge in [0, 0.05) is 12.5 Å². The fourth-order valence-electron chi connectivity index (χ4n) is 0.782. The van der Waals surface area contributed by atoms with Gasteiger partial charge < -0.3 is 10.3 Å². The van der Waals surface area contributed by atoms with Crippen LogP contribution in [0.4, 0.5) is 0 Å². The van der Waals surface area contributed by atoms with Gasteiger partial charge in [0.05, 0.1) is 5.69 Å². The Balaban J connectivity index is 0.000001000. The molecular weight excluding hydrogens is 164 g/mol. The standard InChI is InChI=1S/C7H12N2O.ClH/c1-2-6-5-7(3-4-8)10-9-6;/h5H,2-4,8H2,1H3;1H. The van der Waals surface area contributed by atoms with Crippen LogP contribution in [0.25, 0.3) is 0 Å². The molecule has 0 aliphatic heterocycles. The molecule has 1 aromatic heterocycles. The molecule has 1 heterocycles. The van der Waals surface area contributed by atoms with E-state index in [4.69, 9.17) is 10.3 Å². The molecule has 1 aromatic rings. The highest BCUT2D eigenvalue weighted by Gasteiger charge is 1.99. The Morgan fingerprint density at radius 3 is 2.82 bits per heavy atom. The molecule has 0 aliphatic carbocycles. The fourth-order valence-corrected chi connectivity index (χ4v) is 0.782. The Bertz CT molecular complexity index is 200. The Morgan fingerprint density at radius 1 is 1.64 bits per heavy atom. The van der Waals surface area contributed by atoms with Gasteiger partial charge in [0.2, 0.25) is 0 Å². The Labute approximate surface area is 72.3 Å². The number of rotatable bonds is 3. The lowest BCUT2D eigenvalue weighted by atomic mass is 10.3. The Kier molecular flexibility index (Phi) is 4.90. The lowest BCUT2D eigenvalue weighted by Gasteiger charge is -1.84. The largest absolute Gasteiger partial charge is 0.361 e. The first-order valence-corrected chi connectivity index (χ1v) is 3.51. The van der Waals surface area contributed by atoms with Crippen molar-refractivity contribution >= 4 is 12.4 Å². The first-order chi connectivity index (χ1) is 4.86. The van der Waals surface area contributed by atoms with Gasteiger partial charge in [-0.25, -0.2) is 0 Å². The maximum Gasteiger partial charge on any atom is 0.138 e. The van der Waals surface area contributed by atoms with Crippen LogP contribution < -0.4 is 5.73 Å². The molecule has 0 aromatic carbocycles. The van der Waals surface area contributed by atoms with Gasteiger partial charge in [0.1, 0.15) is 5.76 Å². The summed E-state index contributed by atoms with van der Waals surface area (Å²) in [5.74, 6) is 0.888. The molecular formula is C7H13ClN2O. The third-order valence-electron chi connectivity index (χ3n) is 1.36. The molecule has 0 spiro atoms. The van der Waals surface area contributed by atoms with E-state index >= 15 is 0 Å². The first kappa shape index (κ1) is 10.5. The summed E-state index contributed by atoms with van der Waals surface area (Å²) in [5, 5.41) is 3.82. The van der Waals surface area contributed by atoms with Crippen molar-refractivity contribution in [3.8, 4) is 0 Å². The van der Waals surface area contributed by atoms with Crippen molar-refractivity contribution in [3.63, 3.8) is 0 Å². The van der Waals surface area contributed by atoms with E-state index in [9.17, 15) is 0 Å². The highest BCUT2D eigenvalue weighted by Crippen LogP contribution is 2.03. The number of aromatic nitrogens is 1. The Morgan fingerprint density at radius 2 is 2.36 bits per heavy atom. The summed E-state index contributed by atoms with van der Waals surface area (Å²) in [6, 6.07) is 1.95. The van der Waals surface area contributed by atoms with Gasteiger partial charge in [-0.1, -0.05) is 12.1 Å². The average molecular weight is 177 g/mol. The summed E-state index contributed by atoms with van der Waals surface area (Å²) in [6.45, 7) is 2.67. The van der Waals surface area contributed by atoms with Crippen LogP contribution in [0.2, 0.25) is 0 Å². The van der Waals surface area contributed by atoms with E-state index in [0.717, 1.165) is 24.3 Å². The highest BCUT2D eigenvalue weighted by atomic mass is 35.5. The van der Waals surface area contributed by atoms with E-state index in [1.807, 2.05) is 13.0 Å². The predicted octanol–water partition coefficient (Wildman–Crippen LogP) is 1.16. The molecule has 11 heavy (non-hydrogen) atoms. The summed E-state index contributed by atoms with van der Waals surface area (Å²) in [7, 11) is 0. The minimum Gasteiger partial charge on any atom is -0.361 e. The summed E-state index contributed by atoms with van der Waals surface area (Å²) in [6.07, 6.45) is 1.71. The van der Waals surface area contributed by atoms with E-state index in [0.29, 0.717) is 6.54 Å². The van der Waals surface area contributed by atoms with E-state index in [1.54, 1.807) is 0 Å². The molecule has 4 heteroatoms. The smallest absolute Gasteiger partial charge is 0.138 e. The molecule has 0 aliphatic rings. The van der Waals surface area contributed by atoms with Crippen molar-refractivity contribution in [3.05, 3.63) is 17.5 Å². The summed E-state index contributed by atoms with van der Waals surface area (Å²) < 4.78 is 4.97. The van der Waals surface area contributed by atoms with E-state index in [-0.39, 0.29) is 12.4 Å². The SMILES string of the molecule is CCc1cc(CCN)on1.Cl. The zero-order valence-corrected chi connectivity index (χ0v) is 7.36. The average Bonchev–Trinajstić information content (AvgIpc) is 2.37. The van der Waals surface area contributed by atoms with Crippen molar-refractivity contribution in [1.29, 1.82) is 0 Å². The first-order valence-electron chi connectivity index (χ1n) is 3.51. The van der Waals surface area contributed by atoms with E-state index < -0.39 is 0 Å². The zero-order valence-electron chi connectivity index (χ0n) is 6.54. The predicted molar refractivity (Wildman–Crippen MR) is 45.9 cm³/mol. The van der Waals surface area contributed by atoms with Crippen LogP contribution in [0.5, 0.6) is 0 Å². The van der Waals surface area contributed by atoms with Crippen LogP contribution in [0, 0.1) is 0 Å². The van der Waals surface area contributed by atoms with Crippen molar-refractivity contribution in [2.24, 2.45) is 5.73 Å². The van der Waals surface area contributed by atoms with Crippen LogP contribution in [0.15, 0.2) is 10.6 Å². The van der Waals surface area contributed by atoms with Gasteiger partial charge in [-0.2, -0.15) is 0 Å². The van der Waals surface area contributed by atoms with Crippen LogP contribution in [0.3, 0.4) is 0 Å². The maximum absolute atomic E-state index is 5.32. The molecule has 0 atom stereocenters. The molecule has 3 nitrogen and oxygen atoms in total. The van der Waals surface area contributed by atoms with Gasteiger partial charge in [-0.05, 0) is 13.0 Å². The molecule has 64 valence electrons. The quantitative estimate of drug-likeness (QED) is 0.752. The number of aryl methyl sites for hydroxylation is 1. The summed E-state index contributed by atoms with van der Waals surface area (Å²) in [4.78, 5) is 0. The lowest BCUT2D eigenvalue weighted by Crippen LogP contribution is -2.01. The van der Waals surface area contributed by atoms with Crippen molar-refractivity contribution in [2.45, 2.75) is 19.8 Å². The molecule has 0 amide bonds. The van der Waals surface area contributed by atoms with Crippen molar-refractivity contribution in [1.82, 2.24) is 5.16 Å². The molecule has 0 bridgehead atoms. The van der Waals surface area contributed by atoms with Crippen LogP contribution >= 0.6 is 12.4 Å². The van der Waals surface area contributed by atoms with Gasteiger partial charge in [-0.15, -0.1) is 12.4 Å². The number of halogens is 1. The van der Waals surface area contributed by atoms with E-state index in [1.165, 1.54) is 0 Å². The van der Waals surface area contributed by atoms with Crippen molar-refractivity contribution in [2.75, 3.05) is 6.54 Å². The Hall–Kier alpha value is -0.540. The molecule has 0 saturated carbocycles. The number of hydrogen-bond acceptors (Lipinski definition) is 3. The second kappa shape index (κ2) is 5.16. The molecule has 0 unspecified atom stereocenters. The zero-order chi connectivity index (χ0) is 7.40. The van der Waals surface area contributed by atoms with Crippen molar-refractivity contribution < 1.29 is 4.52 Å². The topological polar surface area (TPSA) is 52.0 Å². The molecule has 2 N–H and O–H groups in total. The highest BCUT2D eigenvalue weighted by molar-refractivity contribution is 5.85. The molecule has 0 fully saturated rings. The van der Waals surface area contributed by atoms with Gasteiger partial charge in [0.25, 0.3) is 0 Å². The fraction of sp³-hybridized carbons (Fsp3) is 0.571. The number of nitrogens with two attached hydrogens (primary N) is 1. The third kappa shape index (κ3) is 2.91. The number of nitrogens with zero attached hydrogens (tertiary/aromatic N) is 1. The van der Waals surface area contributed by atoms with Crippen LogP contribution in [-0.4, -0.2) is 11.7 Å². The second-order valence-electron chi connectivity index (χ2n) is 2.18. The van der Waals surface area contributed by atoms with Crippen LogP contribution in [-0.2, 0) is 12.8 Å². The second-order valence-corrected chi connectivity index (χ2v) is 2.18. The summed E-state index contributed by atoms with van der Waals surface area (Å²) >= 11 is 0. The van der Waals surface area contributed by atoms with Crippen LogP contribution in [0.1, 0.15) is 18.4 Å².